The van der Waals surface area contributed by atoms with Gasteiger partial charge in [-0.2, -0.15) is 0 Å². The van der Waals surface area contributed by atoms with E-state index in [1.807, 2.05) is 0 Å². The Labute approximate surface area is 77.6 Å². The second-order valence-corrected chi connectivity index (χ2v) is 2.71. The highest BCUT2D eigenvalue weighted by molar-refractivity contribution is 5.37. The minimum atomic E-state index is -1.72. The maximum Gasteiger partial charge on any atom is 0.195 e. The third-order valence-electron chi connectivity index (χ3n) is 1.75. The Morgan fingerprint density at radius 1 is 1.29 bits per heavy atom. The smallest absolute Gasteiger partial charge is 0.195 e. The van der Waals surface area contributed by atoms with Crippen molar-refractivity contribution in [2.75, 3.05) is 6.61 Å². The van der Waals surface area contributed by atoms with Crippen LogP contribution in [0.3, 0.4) is 0 Å². The van der Waals surface area contributed by atoms with Gasteiger partial charge in [0.2, 0.25) is 0 Å². The monoisotopic (exact) mass is 207 g/mol. The lowest BCUT2D eigenvalue weighted by Gasteiger charge is -2.12. The highest BCUT2D eigenvalue weighted by Gasteiger charge is 2.22. The van der Waals surface area contributed by atoms with Gasteiger partial charge in [0.25, 0.3) is 0 Å². The molecule has 0 aliphatic carbocycles. The zero-order chi connectivity index (χ0) is 10.9. The molecule has 1 aromatic rings. The molecule has 0 radical (unpaired) electrons. The lowest BCUT2D eigenvalue weighted by molar-refractivity contribution is 0.260. The highest BCUT2D eigenvalue weighted by Crippen LogP contribution is 2.29. The first-order valence-corrected chi connectivity index (χ1v) is 3.71. The Kier molecular flexibility index (Phi) is 2.97. The van der Waals surface area contributed by atoms with Crippen LogP contribution in [0.5, 0.6) is 5.75 Å². The van der Waals surface area contributed by atoms with E-state index < -0.39 is 41.4 Å². The molecule has 1 atom stereocenters. The Morgan fingerprint density at radius 2 is 1.86 bits per heavy atom. The van der Waals surface area contributed by atoms with Crippen LogP contribution in [0.25, 0.3) is 0 Å². The van der Waals surface area contributed by atoms with Crippen molar-refractivity contribution in [2.24, 2.45) is 5.73 Å². The molecule has 0 unspecified atom stereocenters. The van der Waals surface area contributed by atoms with E-state index in [4.69, 9.17) is 15.9 Å². The average molecular weight is 207 g/mol. The van der Waals surface area contributed by atoms with Crippen molar-refractivity contribution >= 4 is 0 Å². The number of phenols is 1. The lowest BCUT2D eigenvalue weighted by Crippen LogP contribution is -2.17. The van der Waals surface area contributed by atoms with Gasteiger partial charge in [-0.1, -0.05) is 0 Å². The fraction of sp³-hybridized carbons (Fsp3) is 0.250. The van der Waals surface area contributed by atoms with Crippen LogP contribution in [0.4, 0.5) is 13.2 Å². The van der Waals surface area contributed by atoms with Gasteiger partial charge in [-0.25, -0.2) is 13.2 Å². The number of phenolic OH excluding ortho intramolecular Hbond substituents is 1. The van der Waals surface area contributed by atoms with Gasteiger partial charge in [-0.05, 0) is 0 Å². The Balaban J connectivity index is 3.36. The minimum Gasteiger partial charge on any atom is -0.507 e. The van der Waals surface area contributed by atoms with E-state index in [0.29, 0.717) is 6.07 Å². The van der Waals surface area contributed by atoms with Gasteiger partial charge in [0.1, 0.15) is 5.75 Å². The molecule has 0 aliphatic heterocycles. The number of nitrogens with two attached hydrogens (primary N) is 1. The summed E-state index contributed by atoms with van der Waals surface area (Å²) in [6.07, 6.45) is 0. The third kappa shape index (κ3) is 1.66. The van der Waals surface area contributed by atoms with Crippen molar-refractivity contribution in [2.45, 2.75) is 6.04 Å². The molecule has 0 saturated carbocycles. The summed E-state index contributed by atoms with van der Waals surface area (Å²) in [5, 5.41) is 17.6. The van der Waals surface area contributed by atoms with Gasteiger partial charge in [-0.3, -0.25) is 0 Å². The van der Waals surface area contributed by atoms with Crippen LogP contribution >= 0.6 is 0 Å². The molecular weight excluding hydrogens is 199 g/mol. The first-order valence-electron chi connectivity index (χ1n) is 3.71. The summed E-state index contributed by atoms with van der Waals surface area (Å²) in [5.74, 6) is -5.62. The molecule has 4 N–H and O–H groups in total. The molecule has 0 amide bonds. The van der Waals surface area contributed by atoms with Crippen molar-refractivity contribution in [3.63, 3.8) is 0 Å². The molecule has 14 heavy (non-hydrogen) atoms. The van der Waals surface area contributed by atoms with Crippen molar-refractivity contribution in [3.05, 3.63) is 29.1 Å². The molecule has 6 heteroatoms. The number of aromatic hydroxyl groups is 1. The molecule has 0 saturated heterocycles. The van der Waals surface area contributed by atoms with Crippen LogP contribution < -0.4 is 5.73 Å². The van der Waals surface area contributed by atoms with Crippen LogP contribution in [-0.2, 0) is 0 Å². The van der Waals surface area contributed by atoms with Crippen LogP contribution in [0.2, 0.25) is 0 Å². The molecule has 0 fully saturated rings. The van der Waals surface area contributed by atoms with Crippen molar-refractivity contribution in [1.82, 2.24) is 0 Å². The van der Waals surface area contributed by atoms with Crippen molar-refractivity contribution in [3.8, 4) is 5.75 Å². The number of benzene rings is 1. The Morgan fingerprint density at radius 3 is 2.36 bits per heavy atom. The molecule has 3 nitrogen and oxygen atoms in total. The summed E-state index contributed by atoms with van der Waals surface area (Å²) >= 11 is 0. The normalized spacial score (nSPS) is 12.9. The maximum atomic E-state index is 13.0. The standard InChI is InChI=1S/C8H8F3NO2/c9-3-1-5(14)6(4(12)2-13)8(11)7(3)10/h1,4,13-14H,2,12H2/t4-/m1/s1. The molecule has 0 aliphatic rings. The first-order chi connectivity index (χ1) is 6.49. The Hall–Kier alpha value is -1.27. The molecule has 1 aromatic carbocycles. The van der Waals surface area contributed by atoms with Gasteiger partial charge in [-0.15, -0.1) is 0 Å². The number of aliphatic hydroxyl groups is 1. The first kappa shape index (κ1) is 10.8. The minimum absolute atomic E-state index is 0.406. The number of halogens is 3. The molecule has 0 heterocycles. The maximum absolute atomic E-state index is 13.0. The number of hydrogen-bond donors (Lipinski definition) is 3. The van der Waals surface area contributed by atoms with Gasteiger partial charge < -0.3 is 15.9 Å². The number of aliphatic hydroxyl groups excluding tert-OH is 1. The van der Waals surface area contributed by atoms with Crippen molar-refractivity contribution < 1.29 is 23.4 Å². The summed E-state index contributed by atoms with van der Waals surface area (Å²) in [6.45, 7) is -0.685. The second kappa shape index (κ2) is 3.85. The predicted molar refractivity (Wildman–Crippen MR) is 42.0 cm³/mol. The zero-order valence-electron chi connectivity index (χ0n) is 6.97. The van der Waals surface area contributed by atoms with Crippen LogP contribution in [-0.4, -0.2) is 16.8 Å². The topological polar surface area (TPSA) is 66.5 Å². The molecule has 78 valence electrons. The van der Waals surface area contributed by atoms with E-state index in [-0.39, 0.29) is 0 Å². The molecule has 0 bridgehead atoms. The van der Waals surface area contributed by atoms with Crippen LogP contribution in [0.1, 0.15) is 11.6 Å². The van der Waals surface area contributed by atoms with Gasteiger partial charge in [0.05, 0.1) is 18.2 Å². The summed E-state index contributed by atoms with van der Waals surface area (Å²) < 4.78 is 38.2. The summed E-state index contributed by atoms with van der Waals surface area (Å²) in [5.41, 5.74) is 4.54. The molecule has 0 spiro atoms. The summed E-state index contributed by atoms with van der Waals surface area (Å²) in [4.78, 5) is 0. The summed E-state index contributed by atoms with van der Waals surface area (Å²) in [7, 11) is 0. The van der Waals surface area contributed by atoms with E-state index in [1.54, 1.807) is 0 Å². The number of rotatable bonds is 2. The Bertz CT molecular complexity index is 357. The van der Waals surface area contributed by atoms with Gasteiger partial charge in [0.15, 0.2) is 17.5 Å². The fourth-order valence-electron chi connectivity index (χ4n) is 1.04. The van der Waals surface area contributed by atoms with Gasteiger partial charge in [0, 0.05) is 6.07 Å². The van der Waals surface area contributed by atoms with Crippen LogP contribution in [0.15, 0.2) is 6.07 Å². The van der Waals surface area contributed by atoms with E-state index >= 15 is 0 Å². The second-order valence-electron chi connectivity index (χ2n) is 2.71. The quantitative estimate of drug-likeness (QED) is 0.628. The largest absolute Gasteiger partial charge is 0.507 e. The lowest BCUT2D eigenvalue weighted by atomic mass is 10.1. The fourth-order valence-corrected chi connectivity index (χ4v) is 1.04. The third-order valence-corrected chi connectivity index (χ3v) is 1.75. The average Bonchev–Trinajstić information content (AvgIpc) is 2.14. The summed E-state index contributed by atoms with van der Waals surface area (Å²) in [6, 6.07) is -0.881. The highest BCUT2D eigenvalue weighted by atomic mass is 19.2. The van der Waals surface area contributed by atoms with E-state index in [9.17, 15) is 13.2 Å². The van der Waals surface area contributed by atoms with Crippen molar-refractivity contribution in [1.29, 1.82) is 0 Å². The van der Waals surface area contributed by atoms with E-state index in [2.05, 4.69) is 0 Å². The van der Waals surface area contributed by atoms with E-state index in [1.165, 1.54) is 0 Å². The molecular formula is C8H8F3NO2. The SMILES string of the molecule is N[C@H](CO)c1c(O)cc(F)c(F)c1F. The molecule has 1 rings (SSSR count). The molecule has 0 aromatic heterocycles. The zero-order valence-corrected chi connectivity index (χ0v) is 6.97. The van der Waals surface area contributed by atoms with Crippen LogP contribution in [0, 0.1) is 17.5 Å². The van der Waals surface area contributed by atoms with Gasteiger partial charge >= 0.3 is 0 Å². The number of hydrogen-bond acceptors (Lipinski definition) is 3. The predicted octanol–water partition coefficient (Wildman–Crippen LogP) is 0.802. The van der Waals surface area contributed by atoms with E-state index in [0.717, 1.165) is 0 Å².